The molecule has 1 aliphatic carbocycles. The van der Waals surface area contributed by atoms with Gasteiger partial charge in [0.2, 0.25) is 5.91 Å². The quantitative estimate of drug-likeness (QED) is 0.443. The maximum Gasteiger partial charge on any atom is 0.317 e. The van der Waals surface area contributed by atoms with Crippen molar-refractivity contribution >= 4 is 34.4 Å². The molecule has 1 amide bonds. The van der Waals surface area contributed by atoms with Crippen LogP contribution in [0, 0.1) is 5.92 Å². The summed E-state index contributed by atoms with van der Waals surface area (Å²) in [6.45, 7) is 0.842. The Hall–Kier alpha value is -2.98. The highest BCUT2D eigenvalue weighted by Crippen LogP contribution is 2.34. The summed E-state index contributed by atoms with van der Waals surface area (Å²) in [5, 5.41) is 15.1. The molecule has 0 spiro atoms. The fraction of sp³-hybridized carbons (Fsp3) is 0.545. The van der Waals surface area contributed by atoms with Gasteiger partial charge in [-0.2, -0.15) is 0 Å². The number of carbonyl (C=O) groups excluding carboxylic acids is 2. The molecule has 2 unspecified atom stereocenters. The van der Waals surface area contributed by atoms with Gasteiger partial charge in [0.15, 0.2) is 5.78 Å². The Balaban J connectivity index is 1.34. The minimum atomic E-state index is -0.985. The summed E-state index contributed by atoms with van der Waals surface area (Å²) in [6, 6.07) is 3.27. The number of likely N-dealkylation sites (tertiary alicyclic amines) is 1. The summed E-state index contributed by atoms with van der Waals surface area (Å²) < 4.78 is 5.73. The summed E-state index contributed by atoms with van der Waals surface area (Å²) >= 11 is 0. The number of nitrogens with one attached hydrogen (secondary N) is 2. The number of Topliss-reactive ketones (excluding diaryl/α,β-unsaturated/α-hetero) is 1. The van der Waals surface area contributed by atoms with Gasteiger partial charge >= 0.3 is 5.97 Å². The molecule has 2 aliphatic rings. The van der Waals surface area contributed by atoms with Crippen LogP contribution in [0.15, 0.2) is 22.7 Å². The second-order valence-corrected chi connectivity index (χ2v) is 8.50. The monoisotopic (exact) mass is 443 g/mol. The molecule has 3 atom stereocenters. The third-order valence-corrected chi connectivity index (χ3v) is 6.47. The maximum absolute atomic E-state index is 12.9. The number of nitrogens with zero attached hydrogens (tertiary/aromatic N) is 2. The predicted octanol–water partition coefficient (Wildman–Crippen LogP) is 0.903. The summed E-state index contributed by atoms with van der Waals surface area (Å²) in [4.78, 5) is 42.5. The molecule has 10 heteroatoms. The Labute approximate surface area is 185 Å². The smallest absolute Gasteiger partial charge is 0.317 e. The summed E-state index contributed by atoms with van der Waals surface area (Å²) in [6.07, 6.45) is 5.97. The summed E-state index contributed by atoms with van der Waals surface area (Å²) in [5.41, 5.74) is 6.49. The molecule has 2 fully saturated rings. The molecule has 0 aromatic carbocycles. The zero-order chi connectivity index (χ0) is 22.7. The Bertz CT molecular complexity index is 1010. The number of hydrogen-bond acceptors (Lipinski definition) is 8. The van der Waals surface area contributed by atoms with Crippen molar-refractivity contribution in [3.05, 3.63) is 24.1 Å². The molecule has 1 aliphatic heterocycles. The van der Waals surface area contributed by atoms with E-state index < -0.39 is 5.97 Å². The molecule has 2 aromatic rings. The lowest BCUT2D eigenvalue weighted by molar-refractivity contribution is -0.139. The van der Waals surface area contributed by atoms with Gasteiger partial charge in [-0.3, -0.25) is 19.3 Å². The topological polar surface area (TPSA) is 151 Å². The molecular weight excluding hydrogens is 414 g/mol. The van der Waals surface area contributed by atoms with E-state index in [1.807, 2.05) is 0 Å². The Morgan fingerprint density at radius 3 is 2.75 bits per heavy atom. The fourth-order valence-electron chi connectivity index (χ4n) is 4.81. The lowest BCUT2D eigenvalue weighted by atomic mass is 9.78. The highest BCUT2D eigenvalue weighted by molar-refractivity contribution is 5.88. The molecule has 0 bridgehead atoms. The standard InChI is InChI=1S/C22H29N5O5/c23-21-15-9-13(32-19(15)5-7-25-21)10-26-22(31)17-6-8-27(17)16-4-2-1-3-14(16)18(28)11-24-12-20(29)30/h5,7,9,14,16-17,24H,1-4,6,8,10-12H2,(H2,23,25)(H,26,31)(H,29,30)/t14?,16?,17-/m0/s1. The number of pyridine rings is 1. The van der Waals surface area contributed by atoms with Crippen molar-refractivity contribution in [2.75, 3.05) is 25.4 Å². The fourth-order valence-corrected chi connectivity index (χ4v) is 4.81. The number of anilines is 1. The zero-order valence-corrected chi connectivity index (χ0v) is 17.9. The second kappa shape index (κ2) is 9.66. The van der Waals surface area contributed by atoms with Crippen molar-refractivity contribution in [2.24, 2.45) is 5.92 Å². The summed E-state index contributed by atoms with van der Waals surface area (Å²) in [5.74, 6) is -0.222. The number of aromatic nitrogens is 1. The lowest BCUT2D eigenvalue weighted by Gasteiger charge is -2.49. The summed E-state index contributed by atoms with van der Waals surface area (Å²) in [7, 11) is 0. The third kappa shape index (κ3) is 4.76. The first kappa shape index (κ1) is 22.2. The number of furan rings is 1. The molecule has 10 nitrogen and oxygen atoms in total. The average molecular weight is 444 g/mol. The molecule has 5 N–H and O–H groups in total. The number of rotatable bonds is 9. The number of aliphatic carboxylic acids is 1. The van der Waals surface area contributed by atoms with E-state index in [1.54, 1.807) is 18.3 Å². The van der Waals surface area contributed by atoms with Crippen molar-refractivity contribution < 1.29 is 23.9 Å². The van der Waals surface area contributed by atoms with E-state index in [0.29, 0.717) is 17.2 Å². The molecule has 1 saturated heterocycles. The molecule has 2 aromatic heterocycles. The first-order valence-electron chi connectivity index (χ1n) is 11.1. The van der Waals surface area contributed by atoms with E-state index in [4.69, 9.17) is 15.3 Å². The van der Waals surface area contributed by atoms with Crippen LogP contribution in [0.3, 0.4) is 0 Å². The SMILES string of the molecule is Nc1nccc2oc(CNC(=O)[C@@H]3CCN3C3CCCCC3C(=O)CNCC(=O)O)cc12. The molecule has 3 heterocycles. The number of ketones is 1. The predicted molar refractivity (Wildman–Crippen MR) is 117 cm³/mol. The lowest BCUT2D eigenvalue weighted by Crippen LogP contribution is -2.62. The number of carboxylic acid groups (broad SMARTS) is 1. The van der Waals surface area contributed by atoms with Crippen molar-refractivity contribution in [1.29, 1.82) is 0 Å². The van der Waals surface area contributed by atoms with Crippen molar-refractivity contribution in [1.82, 2.24) is 20.5 Å². The third-order valence-electron chi connectivity index (χ3n) is 6.47. The highest BCUT2D eigenvalue weighted by atomic mass is 16.4. The zero-order valence-electron chi connectivity index (χ0n) is 17.9. The van der Waals surface area contributed by atoms with Crippen LogP contribution in [0.5, 0.6) is 0 Å². The maximum atomic E-state index is 12.9. The second-order valence-electron chi connectivity index (χ2n) is 8.50. The van der Waals surface area contributed by atoms with Crippen LogP contribution < -0.4 is 16.4 Å². The van der Waals surface area contributed by atoms with E-state index in [-0.39, 0.29) is 49.3 Å². The van der Waals surface area contributed by atoms with Gasteiger partial charge in [0, 0.05) is 24.7 Å². The molecule has 4 rings (SSSR count). The van der Waals surface area contributed by atoms with E-state index in [0.717, 1.165) is 44.0 Å². The molecule has 32 heavy (non-hydrogen) atoms. The van der Waals surface area contributed by atoms with Crippen LogP contribution in [0.1, 0.15) is 37.9 Å². The minimum absolute atomic E-state index is 0.0180. The number of nitrogens with two attached hydrogens (primary N) is 1. The highest BCUT2D eigenvalue weighted by Gasteiger charge is 2.44. The number of fused-ring (bicyclic) bond motifs is 1. The van der Waals surface area contributed by atoms with Gasteiger partial charge in [0.05, 0.1) is 31.1 Å². The van der Waals surface area contributed by atoms with Gasteiger partial charge in [-0.15, -0.1) is 0 Å². The Morgan fingerprint density at radius 2 is 2.03 bits per heavy atom. The normalized spacial score (nSPS) is 23.6. The van der Waals surface area contributed by atoms with E-state index in [2.05, 4.69) is 20.5 Å². The molecular formula is C22H29N5O5. The molecule has 172 valence electrons. The number of carboxylic acids is 1. The number of carbonyl (C=O) groups is 3. The number of hydrogen-bond donors (Lipinski definition) is 4. The molecule has 1 saturated carbocycles. The van der Waals surface area contributed by atoms with Gasteiger partial charge in [0.1, 0.15) is 17.2 Å². The average Bonchev–Trinajstić information content (AvgIpc) is 3.16. The molecule has 0 radical (unpaired) electrons. The number of nitrogen functional groups attached to an aromatic ring is 1. The van der Waals surface area contributed by atoms with E-state index in [1.165, 1.54) is 0 Å². The van der Waals surface area contributed by atoms with Crippen LogP contribution in [-0.4, -0.2) is 64.4 Å². The first-order chi connectivity index (χ1) is 15.4. The largest absolute Gasteiger partial charge is 0.480 e. The van der Waals surface area contributed by atoms with Crippen LogP contribution in [0.2, 0.25) is 0 Å². The van der Waals surface area contributed by atoms with Gasteiger partial charge in [-0.05, 0) is 31.4 Å². The van der Waals surface area contributed by atoms with Crippen LogP contribution >= 0.6 is 0 Å². The minimum Gasteiger partial charge on any atom is -0.480 e. The van der Waals surface area contributed by atoms with Crippen molar-refractivity contribution in [3.63, 3.8) is 0 Å². The van der Waals surface area contributed by atoms with Crippen molar-refractivity contribution in [3.8, 4) is 0 Å². The van der Waals surface area contributed by atoms with Gasteiger partial charge in [-0.1, -0.05) is 12.8 Å². The first-order valence-corrected chi connectivity index (χ1v) is 11.1. The van der Waals surface area contributed by atoms with Gasteiger partial charge in [0.25, 0.3) is 0 Å². The van der Waals surface area contributed by atoms with E-state index >= 15 is 0 Å². The Kier molecular flexibility index (Phi) is 6.71. The van der Waals surface area contributed by atoms with Crippen molar-refractivity contribution in [2.45, 2.75) is 50.7 Å². The van der Waals surface area contributed by atoms with Crippen LogP contribution in [-0.2, 0) is 20.9 Å². The van der Waals surface area contributed by atoms with Crippen LogP contribution in [0.4, 0.5) is 5.82 Å². The van der Waals surface area contributed by atoms with Gasteiger partial charge in [-0.25, -0.2) is 4.98 Å². The van der Waals surface area contributed by atoms with Gasteiger partial charge < -0.3 is 25.9 Å². The Morgan fingerprint density at radius 1 is 1.22 bits per heavy atom. The number of amides is 1. The van der Waals surface area contributed by atoms with E-state index in [9.17, 15) is 14.4 Å². The van der Waals surface area contributed by atoms with Crippen LogP contribution in [0.25, 0.3) is 11.0 Å².